The minimum atomic E-state index is -0.935. The highest BCUT2D eigenvalue weighted by Gasteiger charge is 2.01. The first kappa shape index (κ1) is 34.8. The Morgan fingerprint density at radius 1 is 0.967 bits per heavy atom. The molecule has 0 aliphatic heterocycles. The Kier molecular flexibility index (Phi) is 28.2. The van der Waals surface area contributed by atoms with Gasteiger partial charge in [-0.2, -0.15) is 0 Å². The summed E-state index contributed by atoms with van der Waals surface area (Å²) in [6.07, 6.45) is 5.78. The second-order valence-corrected chi connectivity index (χ2v) is 6.69. The molecule has 0 fully saturated rings. The molecule has 2 N–H and O–H groups in total. The van der Waals surface area contributed by atoms with Crippen molar-refractivity contribution < 1.29 is 34.2 Å². The second kappa shape index (κ2) is 24.3. The molecule has 0 amide bonds. The van der Waals surface area contributed by atoms with Crippen molar-refractivity contribution in [3.8, 4) is 0 Å². The first-order chi connectivity index (χ1) is 13.8. The lowest BCUT2D eigenvalue weighted by Crippen LogP contribution is -2.03. The van der Waals surface area contributed by atoms with E-state index in [9.17, 15) is 19.3 Å². The monoisotopic (exact) mass is 433 g/mol. The van der Waals surface area contributed by atoms with Gasteiger partial charge in [-0.15, -0.1) is 4.91 Å². The van der Waals surface area contributed by atoms with Crippen LogP contribution >= 0.6 is 0 Å². The van der Waals surface area contributed by atoms with Crippen LogP contribution in [0.5, 0.6) is 0 Å². The highest BCUT2D eigenvalue weighted by atomic mass is 16.7. The Bertz CT molecular complexity index is 503. The van der Waals surface area contributed by atoms with Crippen molar-refractivity contribution in [2.75, 3.05) is 7.11 Å². The van der Waals surface area contributed by atoms with Crippen LogP contribution < -0.4 is 0 Å². The van der Waals surface area contributed by atoms with E-state index < -0.39 is 11.9 Å². The molecule has 0 aromatic carbocycles. The summed E-state index contributed by atoms with van der Waals surface area (Å²) in [4.78, 5) is 43.6. The molecule has 30 heavy (non-hydrogen) atoms. The fourth-order valence-corrected chi connectivity index (χ4v) is 1.16. The maximum Gasteiger partial charge on any atom is 0.332 e. The summed E-state index contributed by atoms with van der Waals surface area (Å²) in [6, 6.07) is 0. The lowest BCUT2D eigenvalue weighted by atomic mass is 10.1. The van der Waals surface area contributed by atoms with Crippen molar-refractivity contribution >= 4 is 17.9 Å². The van der Waals surface area contributed by atoms with Crippen LogP contribution in [0.4, 0.5) is 0 Å². The van der Waals surface area contributed by atoms with Crippen molar-refractivity contribution in [1.82, 2.24) is 0 Å². The number of hydrogen-bond donors (Lipinski definition) is 2. The molecule has 9 heteroatoms. The summed E-state index contributed by atoms with van der Waals surface area (Å²) in [6.45, 7) is 16.9. The van der Waals surface area contributed by atoms with Gasteiger partial charge in [-0.25, -0.2) is 9.59 Å². The maximum absolute atomic E-state index is 10.2. The van der Waals surface area contributed by atoms with Gasteiger partial charge in [0.25, 0.3) is 0 Å². The number of carbonyl (C=O) groups excluding carboxylic acids is 1. The topological polar surface area (TPSA) is 140 Å². The average Bonchev–Trinajstić information content (AvgIpc) is 2.66. The third-order valence-electron chi connectivity index (χ3n) is 3.08. The fourth-order valence-electron chi connectivity index (χ4n) is 1.16. The van der Waals surface area contributed by atoms with E-state index >= 15 is 0 Å². The van der Waals surface area contributed by atoms with Crippen molar-refractivity contribution in [3.05, 3.63) is 29.2 Å². The molecule has 0 rings (SSSR count). The van der Waals surface area contributed by atoms with Crippen molar-refractivity contribution in [1.29, 1.82) is 0 Å². The SMILES string of the molecule is C=C(C)C(=O)O.C=C(C)C(=O)OC.CC(C)C(=O)O.CCCCCCC(C)ON=O. The maximum atomic E-state index is 10.2. The van der Waals surface area contributed by atoms with Crippen LogP contribution in [-0.2, 0) is 24.0 Å². The summed E-state index contributed by atoms with van der Waals surface area (Å²) in [5, 5.41) is 18.3. The molecule has 0 aliphatic carbocycles. The third-order valence-corrected chi connectivity index (χ3v) is 3.08. The van der Waals surface area contributed by atoms with Crippen LogP contribution in [0.2, 0.25) is 0 Å². The molecule has 0 aromatic heterocycles. The Hall–Kier alpha value is -2.71. The molecule has 0 aliphatic rings. The predicted molar refractivity (Wildman–Crippen MR) is 117 cm³/mol. The number of aliphatic carboxylic acids is 2. The van der Waals surface area contributed by atoms with E-state index in [0.717, 1.165) is 12.8 Å². The normalized spacial score (nSPS) is 9.73. The number of hydrogen-bond acceptors (Lipinski definition) is 7. The largest absolute Gasteiger partial charge is 0.481 e. The summed E-state index contributed by atoms with van der Waals surface area (Å²) >= 11 is 0. The Balaban J connectivity index is -0.000000157. The van der Waals surface area contributed by atoms with E-state index in [1.165, 1.54) is 33.3 Å². The van der Waals surface area contributed by atoms with Crippen LogP contribution in [0.15, 0.2) is 29.6 Å². The summed E-state index contributed by atoms with van der Waals surface area (Å²) in [5.74, 6) is -2.25. The number of esters is 1. The van der Waals surface area contributed by atoms with E-state index in [1.807, 2.05) is 6.92 Å². The molecule has 1 atom stereocenters. The van der Waals surface area contributed by atoms with Gasteiger partial charge in [-0.1, -0.05) is 53.2 Å². The molecular weight excluding hydrogens is 394 g/mol. The van der Waals surface area contributed by atoms with Gasteiger partial charge in [0.1, 0.15) is 6.10 Å². The van der Waals surface area contributed by atoms with E-state index in [-0.39, 0.29) is 23.6 Å². The number of ether oxygens (including phenoxy) is 1. The molecule has 0 saturated carbocycles. The second-order valence-electron chi connectivity index (χ2n) is 6.69. The highest BCUT2D eigenvalue weighted by Crippen LogP contribution is 2.07. The van der Waals surface area contributed by atoms with Gasteiger partial charge in [0.2, 0.25) is 0 Å². The molecule has 1 unspecified atom stereocenters. The van der Waals surface area contributed by atoms with Gasteiger partial charge < -0.3 is 19.8 Å². The van der Waals surface area contributed by atoms with Crippen LogP contribution in [0, 0.1) is 10.8 Å². The number of carboxylic acid groups (broad SMARTS) is 2. The number of nitrogens with zero attached hydrogens (tertiary/aromatic N) is 1. The number of carbonyl (C=O) groups is 3. The zero-order chi connectivity index (χ0) is 24.7. The predicted octanol–water partition coefficient (Wildman–Crippen LogP) is 5.15. The number of unbranched alkanes of at least 4 members (excludes halogenated alkanes) is 3. The highest BCUT2D eigenvalue weighted by molar-refractivity contribution is 5.86. The number of carboxylic acids is 2. The van der Waals surface area contributed by atoms with Crippen LogP contribution in [0.1, 0.15) is 73.6 Å². The van der Waals surface area contributed by atoms with E-state index in [0.29, 0.717) is 5.57 Å². The first-order valence-electron chi connectivity index (χ1n) is 9.62. The fraction of sp³-hybridized carbons (Fsp3) is 0.667. The van der Waals surface area contributed by atoms with Crippen LogP contribution in [0.25, 0.3) is 0 Å². The average molecular weight is 434 g/mol. The standard InChI is InChI=1S/C8H17NO2.C5H8O2.C4H8O2.C4H6O2/c1-3-4-5-6-7-8(2)11-9-10;1-4(2)5(6)7-3;2*1-3(2)4(5)6/h8H,3-7H2,1-2H3;1H2,2-3H3;3H,1-2H3,(H,5,6);1H2,2H3,(H,5,6). The lowest BCUT2D eigenvalue weighted by molar-refractivity contribution is -0.140. The van der Waals surface area contributed by atoms with Crippen LogP contribution in [0.3, 0.4) is 0 Å². The van der Waals surface area contributed by atoms with Gasteiger partial charge in [0, 0.05) is 11.1 Å². The number of rotatable bonds is 10. The molecule has 0 aromatic rings. The Morgan fingerprint density at radius 3 is 1.60 bits per heavy atom. The molecule has 0 bridgehead atoms. The number of methoxy groups -OCH3 is 1. The summed E-state index contributed by atoms with van der Waals surface area (Å²) in [5.41, 5.74) is 0.609. The quantitative estimate of drug-likeness (QED) is 0.158. The third kappa shape index (κ3) is 36.2. The molecule has 0 radical (unpaired) electrons. The molecule has 0 spiro atoms. The van der Waals surface area contributed by atoms with E-state index in [2.05, 4.69) is 35.0 Å². The van der Waals surface area contributed by atoms with Gasteiger partial charge in [0.05, 0.1) is 13.0 Å². The van der Waals surface area contributed by atoms with Gasteiger partial charge >= 0.3 is 17.9 Å². The molecule has 0 saturated heterocycles. The minimum absolute atomic E-state index is 0.00986. The van der Waals surface area contributed by atoms with Crippen molar-refractivity contribution in [2.24, 2.45) is 11.3 Å². The van der Waals surface area contributed by atoms with Crippen LogP contribution in [-0.4, -0.2) is 41.3 Å². The van der Waals surface area contributed by atoms with Crippen molar-refractivity contribution in [3.63, 3.8) is 0 Å². The van der Waals surface area contributed by atoms with Gasteiger partial charge in [-0.3, -0.25) is 4.79 Å². The zero-order valence-electron chi connectivity index (χ0n) is 19.4. The zero-order valence-corrected chi connectivity index (χ0v) is 19.4. The molecule has 176 valence electrons. The van der Waals surface area contributed by atoms with Gasteiger partial charge in [0.15, 0.2) is 5.34 Å². The first-order valence-corrected chi connectivity index (χ1v) is 9.62. The molecule has 9 nitrogen and oxygen atoms in total. The van der Waals surface area contributed by atoms with Gasteiger partial charge in [-0.05, 0) is 33.6 Å². The summed E-state index contributed by atoms with van der Waals surface area (Å²) in [7, 11) is 1.33. The minimum Gasteiger partial charge on any atom is -0.481 e. The van der Waals surface area contributed by atoms with Crippen molar-refractivity contribution in [2.45, 2.75) is 79.8 Å². The van der Waals surface area contributed by atoms with E-state index in [1.54, 1.807) is 20.8 Å². The lowest BCUT2D eigenvalue weighted by Gasteiger charge is -2.05. The van der Waals surface area contributed by atoms with E-state index in [4.69, 9.17) is 10.2 Å². The smallest absolute Gasteiger partial charge is 0.332 e. The molecule has 0 heterocycles. The molecular formula is C21H39NO8. The Labute approximate surface area is 180 Å². The summed E-state index contributed by atoms with van der Waals surface area (Å²) < 4.78 is 4.27. The Morgan fingerprint density at radius 2 is 1.40 bits per heavy atom.